The van der Waals surface area contributed by atoms with Gasteiger partial charge in [0, 0.05) is 40.4 Å². The van der Waals surface area contributed by atoms with Crippen LogP contribution < -0.4 is 10.2 Å². The van der Waals surface area contributed by atoms with Gasteiger partial charge in [-0.15, -0.1) is 11.8 Å². The molecule has 0 bridgehead atoms. The minimum Gasteiger partial charge on any atom is -0.324 e. The number of carbonyl (C=O) groups is 2. The van der Waals surface area contributed by atoms with Gasteiger partial charge in [0.15, 0.2) is 0 Å². The van der Waals surface area contributed by atoms with Crippen molar-refractivity contribution in [3.05, 3.63) is 47.5 Å². The number of sulfonamides is 1. The number of nitrogens with zero attached hydrogens (tertiary/aromatic N) is 2. The summed E-state index contributed by atoms with van der Waals surface area (Å²) in [6.07, 6.45) is 2.95. The van der Waals surface area contributed by atoms with Crippen LogP contribution in [-0.4, -0.2) is 49.4 Å². The quantitative estimate of drug-likeness (QED) is 0.649. The Kier molecular flexibility index (Phi) is 7.33. The van der Waals surface area contributed by atoms with E-state index in [1.807, 2.05) is 6.92 Å². The molecule has 0 unspecified atom stereocenters. The van der Waals surface area contributed by atoms with Crippen LogP contribution in [0.1, 0.15) is 32.6 Å². The van der Waals surface area contributed by atoms with Gasteiger partial charge in [0.2, 0.25) is 21.8 Å². The lowest BCUT2D eigenvalue weighted by Gasteiger charge is -2.27. The van der Waals surface area contributed by atoms with E-state index in [2.05, 4.69) is 5.32 Å². The number of benzene rings is 2. The molecule has 2 amide bonds. The Bertz CT molecular complexity index is 1170. The van der Waals surface area contributed by atoms with Gasteiger partial charge in [-0.1, -0.05) is 31.0 Å². The van der Waals surface area contributed by atoms with Crippen molar-refractivity contribution in [1.29, 1.82) is 0 Å². The third-order valence-electron chi connectivity index (χ3n) is 5.68. The standard InChI is InChI=1S/C23H26ClN3O4S2/c1-16-12-23(29)27(15-22(28)25-18-7-5-6-17(24)13-18)20-14-19(8-9-21(20)32-16)33(30,31)26-10-3-2-4-11-26/h5-9,13-14,16H,2-4,10-12,15H2,1H3,(H,25,28)/t16-/m1/s1. The largest absolute Gasteiger partial charge is 0.324 e. The highest BCUT2D eigenvalue weighted by Gasteiger charge is 2.31. The summed E-state index contributed by atoms with van der Waals surface area (Å²) in [6.45, 7) is 2.71. The summed E-state index contributed by atoms with van der Waals surface area (Å²) in [6, 6.07) is 11.6. The minimum atomic E-state index is -3.67. The monoisotopic (exact) mass is 507 g/mol. The molecule has 2 aliphatic heterocycles. The predicted molar refractivity (Wildman–Crippen MR) is 131 cm³/mol. The summed E-state index contributed by atoms with van der Waals surface area (Å²) in [4.78, 5) is 28.1. The second-order valence-corrected chi connectivity index (χ2v) is 12.1. The van der Waals surface area contributed by atoms with Crippen molar-refractivity contribution < 1.29 is 18.0 Å². The molecular weight excluding hydrogens is 482 g/mol. The van der Waals surface area contributed by atoms with E-state index in [1.165, 1.54) is 27.0 Å². The molecule has 1 N–H and O–H groups in total. The Morgan fingerprint density at radius 2 is 1.91 bits per heavy atom. The Balaban J connectivity index is 1.64. The Morgan fingerprint density at radius 1 is 1.15 bits per heavy atom. The molecule has 1 saturated heterocycles. The second-order valence-electron chi connectivity index (χ2n) is 8.27. The smallest absolute Gasteiger partial charge is 0.244 e. The minimum absolute atomic E-state index is 0.00166. The van der Waals surface area contributed by atoms with Crippen molar-refractivity contribution >= 4 is 56.6 Å². The number of thioether (sulfide) groups is 1. The van der Waals surface area contributed by atoms with Crippen molar-refractivity contribution in [3.8, 4) is 0 Å². The summed E-state index contributed by atoms with van der Waals surface area (Å²) >= 11 is 7.50. The fourth-order valence-corrected chi connectivity index (χ4v) is 6.88. The normalized spacial score (nSPS) is 19.6. The molecule has 0 aliphatic carbocycles. The molecule has 10 heteroatoms. The number of rotatable bonds is 5. The zero-order valence-corrected chi connectivity index (χ0v) is 20.7. The molecule has 1 atom stereocenters. The van der Waals surface area contributed by atoms with Crippen LogP contribution in [0.2, 0.25) is 5.02 Å². The molecule has 7 nitrogen and oxygen atoms in total. The van der Waals surface area contributed by atoms with E-state index in [1.54, 1.807) is 36.4 Å². The molecule has 4 rings (SSSR count). The highest BCUT2D eigenvalue weighted by Crippen LogP contribution is 2.39. The van der Waals surface area contributed by atoms with Crippen LogP contribution in [0.5, 0.6) is 0 Å². The number of carbonyl (C=O) groups excluding carboxylic acids is 2. The zero-order chi connectivity index (χ0) is 23.6. The molecule has 0 saturated carbocycles. The maximum Gasteiger partial charge on any atom is 0.244 e. The first-order valence-corrected chi connectivity index (χ1v) is 13.6. The third kappa shape index (κ3) is 5.54. The lowest BCUT2D eigenvalue weighted by molar-refractivity contribution is -0.121. The van der Waals surface area contributed by atoms with Crippen LogP contribution in [0.15, 0.2) is 52.3 Å². The average molecular weight is 508 g/mol. The molecular formula is C23H26ClN3O4S2. The molecule has 33 heavy (non-hydrogen) atoms. The van der Waals surface area contributed by atoms with Crippen molar-refractivity contribution in [3.63, 3.8) is 0 Å². The number of anilines is 2. The Morgan fingerprint density at radius 3 is 2.64 bits per heavy atom. The fourth-order valence-electron chi connectivity index (χ4n) is 4.06. The molecule has 2 aromatic rings. The van der Waals surface area contributed by atoms with E-state index >= 15 is 0 Å². The van der Waals surface area contributed by atoms with E-state index < -0.39 is 10.0 Å². The molecule has 1 fully saturated rings. The van der Waals surface area contributed by atoms with E-state index in [4.69, 9.17) is 11.6 Å². The zero-order valence-electron chi connectivity index (χ0n) is 18.3. The number of nitrogens with one attached hydrogen (secondary N) is 1. The first-order chi connectivity index (χ1) is 15.7. The molecule has 0 radical (unpaired) electrons. The summed E-state index contributed by atoms with van der Waals surface area (Å²) in [7, 11) is -3.67. The number of fused-ring (bicyclic) bond motifs is 1. The maximum absolute atomic E-state index is 13.2. The average Bonchev–Trinajstić information content (AvgIpc) is 2.89. The molecule has 2 heterocycles. The molecule has 2 aliphatic rings. The SMILES string of the molecule is C[C@@H]1CC(=O)N(CC(=O)Nc2cccc(Cl)c2)c2cc(S(=O)(=O)N3CCCCC3)ccc2S1. The number of hydrogen-bond donors (Lipinski definition) is 1. The van der Waals surface area contributed by atoms with Crippen molar-refractivity contribution in [2.24, 2.45) is 0 Å². The van der Waals surface area contributed by atoms with E-state index in [0.717, 1.165) is 24.2 Å². The predicted octanol–water partition coefficient (Wildman–Crippen LogP) is 4.37. The second kappa shape index (κ2) is 10.0. The summed E-state index contributed by atoms with van der Waals surface area (Å²) < 4.78 is 28.0. The first-order valence-electron chi connectivity index (χ1n) is 10.9. The van der Waals surface area contributed by atoms with E-state index in [0.29, 0.717) is 29.5 Å². The maximum atomic E-state index is 13.2. The summed E-state index contributed by atoms with van der Waals surface area (Å²) in [5.41, 5.74) is 0.979. The highest BCUT2D eigenvalue weighted by atomic mass is 35.5. The molecule has 176 valence electrons. The van der Waals surface area contributed by atoms with Crippen molar-refractivity contribution in [2.45, 2.75) is 47.6 Å². The summed E-state index contributed by atoms with van der Waals surface area (Å²) in [5, 5.41) is 3.25. The van der Waals surface area contributed by atoms with Gasteiger partial charge in [-0.05, 0) is 49.2 Å². The van der Waals surface area contributed by atoms with Crippen molar-refractivity contribution in [1.82, 2.24) is 4.31 Å². The Hall–Kier alpha value is -2.07. The van der Waals surface area contributed by atoms with Gasteiger partial charge in [0.1, 0.15) is 6.54 Å². The highest BCUT2D eigenvalue weighted by molar-refractivity contribution is 8.00. The van der Waals surface area contributed by atoms with Crippen LogP contribution >= 0.6 is 23.4 Å². The topological polar surface area (TPSA) is 86.8 Å². The van der Waals surface area contributed by atoms with Gasteiger partial charge in [-0.3, -0.25) is 9.59 Å². The van der Waals surface area contributed by atoms with E-state index in [9.17, 15) is 18.0 Å². The van der Waals surface area contributed by atoms with Crippen LogP contribution in [0.4, 0.5) is 11.4 Å². The molecule has 0 aromatic heterocycles. The van der Waals surface area contributed by atoms with Gasteiger partial charge in [-0.2, -0.15) is 4.31 Å². The van der Waals surface area contributed by atoms with Gasteiger partial charge < -0.3 is 10.2 Å². The van der Waals surface area contributed by atoms with Crippen LogP contribution in [0, 0.1) is 0 Å². The summed E-state index contributed by atoms with van der Waals surface area (Å²) in [5.74, 6) is -0.608. The number of piperidine rings is 1. The first kappa shape index (κ1) is 24.1. The Labute approximate surface area is 203 Å². The molecule has 0 spiro atoms. The lowest BCUT2D eigenvalue weighted by Crippen LogP contribution is -2.39. The number of amides is 2. The fraction of sp³-hybridized carbons (Fsp3) is 0.391. The van der Waals surface area contributed by atoms with Gasteiger partial charge in [0.05, 0.1) is 10.6 Å². The van der Waals surface area contributed by atoms with Gasteiger partial charge in [-0.25, -0.2) is 8.42 Å². The molecule has 2 aromatic carbocycles. The van der Waals surface area contributed by atoms with Crippen molar-refractivity contribution in [2.75, 3.05) is 29.9 Å². The number of hydrogen-bond acceptors (Lipinski definition) is 5. The van der Waals surface area contributed by atoms with Gasteiger partial charge in [0.25, 0.3) is 0 Å². The number of halogens is 1. The third-order valence-corrected chi connectivity index (χ3v) is 8.97. The lowest BCUT2D eigenvalue weighted by atomic mass is 10.2. The van der Waals surface area contributed by atoms with Gasteiger partial charge >= 0.3 is 0 Å². The van der Waals surface area contributed by atoms with Crippen LogP contribution in [0.25, 0.3) is 0 Å². The van der Waals surface area contributed by atoms with Crippen LogP contribution in [-0.2, 0) is 19.6 Å². The van der Waals surface area contributed by atoms with Crippen LogP contribution in [0.3, 0.4) is 0 Å². The van der Waals surface area contributed by atoms with E-state index in [-0.39, 0.29) is 34.9 Å².